The van der Waals surface area contributed by atoms with Crippen molar-refractivity contribution in [2.24, 2.45) is 0 Å². The number of aromatic nitrogens is 2. The molecule has 6 nitrogen and oxygen atoms in total. The maximum atomic E-state index is 5.96. The Balaban J connectivity index is 1.35. The molecule has 1 atom stereocenters. The van der Waals surface area contributed by atoms with Gasteiger partial charge in [-0.3, -0.25) is 4.90 Å². The van der Waals surface area contributed by atoms with Crippen molar-refractivity contribution in [1.29, 1.82) is 0 Å². The molecule has 0 spiro atoms. The zero-order chi connectivity index (χ0) is 20.3. The van der Waals surface area contributed by atoms with Crippen molar-refractivity contribution < 1.29 is 9.26 Å². The highest BCUT2D eigenvalue weighted by Gasteiger charge is 2.22. The van der Waals surface area contributed by atoms with Gasteiger partial charge in [0.05, 0.1) is 12.7 Å². The number of morpholine rings is 1. The van der Waals surface area contributed by atoms with Gasteiger partial charge in [-0.25, -0.2) is 4.98 Å². The molecule has 1 aliphatic heterocycles. The number of rotatable bonds is 5. The lowest BCUT2D eigenvalue weighted by Crippen LogP contribution is -2.37. The molecule has 3 aromatic rings. The molecule has 1 unspecified atom stereocenters. The normalized spacial score (nSPS) is 18.0. The summed E-state index contributed by atoms with van der Waals surface area (Å²) in [5, 5.41) is 7.29. The molecular weight excluding hydrogens is 364 g/mol. The molecule has 0 radical (unpaired) electrons. The van der Waals surface area contributed by atoms with E-state index in [2.05, 4.69) is 71.5 Å². The van der Waals surface area contributed by atoms with Gasteiger partial charge in [0.25, 0.3) is 0 Å². The number of anilines is 2. The molecule has 1 fully saturated rings. The molecule has 6 heteroatoms. The third kappa shape index (κ3) is 5.02. The van der Waals surface area contributed by atoms with Crippen molar-refractivity contribution in [1.82, 2.24) is 15.0 Å². The fourth-order valence-corrected chi connectivity index (χ4v) is 3.38. The van der Waals surface area contributed by atoms with Crippen molar-refractivity contribution in [2.45, 2.75) is 38.8 Å². The molecule has 0 saturated carbocycles. The average Bonchev–Trinajstić information content (AvgIpc) is 3.20. The second-order valence-corrected chi connectivity index (χ2v) is 8.51. The number of nitrogens with one attached hydrogen (secondary N) is 1. The van der Waals surface area contributed by atoms with E-state index in [0.29, 0.717) is 5.82 Å². The van der Waals surface area contributed by atoms with Crippen molar-refractivity contribution >= 4 is 11.6 Å². The van der Waals surface area contributed by atoms with Crippen molar-refractivity contribution in [3.63, 3.8) is 0 Å². The number of hydrogen-bond acceptors (Lipinski definition) is 6. The first-order chi connectivity index (χ1) is 14.0. The molecule has 3 heterocycles. The van der Waals surface area contributed by atoms with Crippen LogP contribution in [0.2, 0.25) is 0 Å². The number of nitrogens with zero attached hydrogens (tertiary/aromatic N) is 3. The van der Waals surface area contributed by atoms with E-state index in [9.17, 15) is 0 Å². The van der Waals surface area contributed by atoms with Gasteiger partial charge in [-0.2, -0.15) is 0 Å². The first-order valence-electron chi connectivity index (χ1n) is 10.1. The first kappa shape index (κ1) is 19.6. The summed E-state index contributed by atoms with van der Waals surface area (Å²) in [5.74, 6) is 2.28. The second-order valence-electron chi connectivity index (χ2n) is 8.51. The van der Waals surface area contributed by atoms with Crippen LogP contribution in [0.1, 0.15) is 43.8 Å². The van der Waals surface area contributed by atoms with Gasteiger partial charge in [0.2, 0.25) is 0 Å². The minimum atomic E-state index is -0.0695. The standard InChI is InChI=1S/C23H28N4O2/c1-23(2,3)20-13-22(26-29-20)25-21-10-9-17(14-24-21)15-27-11-12-28-19(16-27)18-7-5-4-6-8-18/h4-10,13-14,19H,11-12,15-16H2,1-3H3,(H,24,25,26). The lowest BCUT2D eigenvalue weighted by molar-refractivity contribution is -0.0329. The highest BCUT2D eigenvalue weighted by molar-refractivity contribution is 5.51. The van der Waals surface area contributed by atoms with Crippen LogP contribution in [0, 0.1) is 0 Å². The zero-order valence-electron chi connectivity index (χ0n) is 17.3. The van der Waals surface area contributed by atoms with Crippen LogP contribution in [0.4, 0.5) is 11.6 Å². The number of pyridine rings is 1. The van der Waals surface area contributed by atoms with Crippen LogP contribution in [0.25, 0.3) is 0 Å². The number of benzene rings is 1. The molecule has 1 N–H and O–H groups in total. The summed E-state index contributed by atoms with van der Waals surface area (Å²) in [7, 11) is 0. The van der Waals surface area contributed by atoms with Crippen LogP contribution in [-0.2, 0) is 16.7 Å². The SMILES string of the molecule is CC(C)(C)c1cc(Nc2ccc(CN3CCOC(c4ccccc4)C3)cn2)no1. The van der Waals surface area contributed by atoms with Crippen molar-refractivity contribution in [3.8, 4) is 0 Å². The quantitative estimate of drug-likeness (QED) is 0.680. The highest BCUT2D eigenvalue weighted by atomic mass is 16.5. The first-order valence-corrected chi connectivity index (χ1v) is 10.1. The molecule has 0 amide bonds. The third-order valence-corrected chi connectivity index (χ3v) is 5.06. The Bertz CT molecular complexity index is 916. The van der Waals surface area contributed by atoms with Gasteiger partial charge in [0, 0.05) is 37.3 Å². The predicted octanol–water partition coefficient (Wildman–Crippen LogP) is 4.68. The summed E-state index contributed by atoms with van der Waals surface area (Å²) >= 11 is 0. The third-order valence-electron chi connectivity index (χ3n) is 5.06. The van der Waals surface area contributed by atoms with E-state index in [1.165, 1.54) is 11.1 Å². The molecule has 1 aliphatic rings. The summed E-state index contributed by atoms with van der Waals surface area (Å²) in [6, 6.07) is 16.4. The Morgan fingerprint density at radius 2 is 1.93 bits per heavy atom. The van der Waals surface area contributed by atoms with Gasteiger partial charge < -0.3 is 14.6 Å². The molecule has 0 aliphatic carbocycles. The largest absolute Gasteiger partial charge is 0.371 e. The molecule has 29 heavy (non-hydrogen) atoms. The summed E-state index contributed by atoms with van der Waals surface area (Å²) in [6.45, 7) is 9.71. The van der Waals surface area contributed by atoms with Gasteiger partial charge in [-0.15, -0.1) is 0 Å². The Hall–Kier alpha value is -2.70. The van der Waals surface area contributed by atoms with Crippen LogP contribution in [-0.4, -0.2) is 34.7 Å². The molecular formula is C23H28N4O2. The molecule has 152 valence electrons. The maximum absolute atomic E-state index is 5.96. The van der Waals surface area contributed by atoms with E-state index in [4.69, 9.17) is 9.26 Å². The smallest absolute Gasteiger partial charge is 0.175 e. The van der Waals surface area contributed by atoms with Crippen LogP contribution in [0.5, 0.6) is 0 Å². The summed E-state index contributed by atoms with van der Waals surface area (Å²) in [6.07, 6.45) is 2.04. The van der Waals surface area contributed by atoms with E-state index in [1.807, 2.05) is 24.4 Å². The Kier molecular flexibility index (Phi) is 5.65. The van der Waals surface area contributed by atoms with Crippen LogP contribution in [0.15, 0.2) is 59.3 Å². The molecule has 0 bridgehead atoms. The van der Waals surface area contributed by atoms with Gasteiger partial charge in [0.1, 0.15) is 11.6 Å². The maximum Gasteiger partial charge on any atom is 0.175 e. The summed E-state index contributed by atoms with van der Waals surface area (Å²) in [5.41, 5.74) is 2.34. The average molecular weight is 393 g/mol. The van der Waals surface area contributed by atoms with Gasteiger partial charge in [-0.1, -0.05) is 62.3 Å². The van der Waals surface area contributed by atoms with Crippen LogP contribution in [0.3, 0.4) is 0 Å². The van der Waals surface area contributed by atoms with E-state index >= 15 is 0 Å². The molecule has 1 aromatic carbocycles. The summed E-state index contributed by atoms with van der Waals surface area (Å²) in [4.78, 5) is 6.95. The van der Waals surface area contributed by atoms with E-state index in [0.717, 1.165) is 37.8 Å². The molecule has 2 aromatic heterocycles. The Labute approximate surface area is 171 Å². The fourth-order valence-electron chi connectivity index (χ4n) is 3.38. The Morgan fingerprint density at radius 1 is 1.10 bits per heavy atom. The van der Waals surface area contributed by atoms with Gasteiger partial charge in [0.15, 0.2) is 5.82 Å². The Morgan fingerprint density at radius 3 is 2.62 bits per heavy atom. The molecule has 1 saturated heterocycles. The highest BCUT2D eigenvalue weighted by Crippen LogP contribution is 2.26. The number of hydrogen-bond donors (Lipinski definition) is 1. The van der Waals surface area contributed by atoms with E-state index in [-0.39, 0.29) is 11.5 Å². The lowest BCUT2D eigenvalue weighted by atomic mass is 9.93. The minimum absolute atomic E-state index is 0.0695. The van der Waals surface area contributed by atoms with Crippen molar-refractivity contribution in [3.05, 3.63) is 71.6 Å². The topological polar surface area (TPSA) is 63.4 Å². The van der Waals surface area contributed by atoms with Crippen LogP contribution >= 0.6 is 0 Å². The fraction of sp³-hybridized carbons (Fsp3) is 0.391. The van der Waals surface area contributed by atoms with Gasteiger partial charge >= 0.3 is 0 Å². The van der Waals surface area contributed by atoms with E-state index in [1.54, 1.807) is 0 Å². The minimum Gasteiger partial charge on any atom is -0.371 e. The monoisotopic (exact) mass is 392 g/mol. The molecule has 4 rings (SSSR count). The van der Waals surface area contributed by atoms with Gasteiger partial charge in [-0.05, 0) is 17.2 Å². The van der Waals surface area contributed by atoms with E-state index < -0.39 is 0 Å². The zero-order valence-corrected chi connectivity index (χ0v) is 17.3. The van der Waals surface area contributed by atoms with Crippen molar-refractivity contribution in [2.75, 3.05) is 25.0 Å². The van der Waals surface area contributed by atoms with Crippen LogP contribution < -0.4 is 5.32 Å². The predicted molar refractivity (Wildman–Crippen MR) is 113 cm³/mol. The second kappa shape index (κ2) is 8.35. The lowest BCUT2D eigenvalue weighted by Gasteiger charge is -2.33. The summed E-state index contributed by atoms with van der Waals surface area (Å²) < 4.78 is 11.4. The number of ether oxygens (including phenoxy) is 1.